The van der Waals surface area contributed by atoms with Crippen LogP contribution in [-0.2, 0) is 19.8 Å². The normalized spacial score (nSPS) is 16.4. The van der Waals surface area contributed by atoms with Crippen molar-refractivity contribution in [2.75, 3.05) is 13.2 Å². The van der Waals surface area contributed by atoms with Gasteiger partial charge in [-0.25, -0.2) is 0 Å². The van der Waals surface area contributed by atoms with E-state index >= 15 is 0 Å². The van der Waals surface area contributed by atoms with E-state index in [9.17, 15) is 4.57 Å². The summed E-state index contributed by atoms with van der Waals surface area (Å²) in [7, 11) is -3.07. The highest BCUT2D eigenvalue weighted by Gasteiger charge is 2.30. The van der Waals surface area contributed by atoms with Gasteiger partial charge in [0.25, 0.3) is 0 Å². The van der Waals surface area contributed by atoms with E-state index in [1.54, 1.807) is 13.8 Å². The third kappa shape index (κ3) is 3.41. The minimum absolute atomic E-state index is 0.161. The van der Waals surface area contributed by atoms with Crippen LogP contribution in [0.2, 0.25) is 0 Å². The Bertz CT molecular complexity index is 403. The zero-order valence-electron chi connectivity index (χ0n) is 10.2. The fourth-order valence-corrected chi connectivity index (χ4v) is 3.26. The summed E-state index contributed by atoms with van der Waals surface area (Å²) < 4.78 is 27.8. The van der Waals surface area contributed by atoms with Gasteiger partial charge in [0, 0.05) is 12.0 Å². The zero-order chi connectivity index (χ0) is 12.3. The maximum Gasteiger partial charge on any atom is 0.338 e. The smallest absolute Gasteiger partial charge is 0.338 e. The van der Waals surface area contributed by atoms with Gasteiger partial charge in [0.05, 0.1) is 18.9 Å². The summed E-state index contributed by atoms with van der Waals surface area (Å²) in [6.07, 6.45) is 2.50. The summed E-state index contributed by atoms with van der Waals surface area (Å²) in [6, 6.07) is 1.86. The molecule has 6 heteroatoms. The van der Waals surface area contributed by atoms with Gasteiger partial charge in [-0.05, 0) is 26.7 Å². The fraction of sp³-hybridized carbons (Fsp3) is 0.727. The number of nitrogens with zero attached hydrogens (tertiary/aromatic N) is 1. The van der Waals surface area contributed by atoms with Crippen LogP contribution in [0.1, 0.15) is 44.1 Å². The van der Waals surface area contributed by atoms with Crippen molar-refractivity contribution in [2.24, 2.45) is 0 Å². The van der Waals surface area contributed by atoms with Gasteiger partial charge < -0.3 is 13.6 Å². The van der Waals surface area contributed by atoms with Crippen LogP contribution < -0.4 is 0 Å². The van der Waals surface area contributed by atoms with Crippen molar-refractivity contribution in [1.82, 2.24) is 5.16 Å². The van der Waals surface area contributed by atoms with Gasteiger partial charge in [-0.15, -0.1) is 0 Å². The van der Waals surface area contributed by atoms with Crippen LogP contribution in [0.15, 0.2) is 10.6 Å². The van der Waals surface area contributed by atoms with Crippen molar-refractivity contribution < 1.29 is 18.1 Å². The second-order valence-corrected chi connectivity index (χ2v) is 6.15. The Morgan fingerprint density at radius 2 is 2.06 bits per heavy atom. The van der Waals surface area contributed by atoms with E-state index < -0.39 is 7.60 Å². The van der Waals surface area contributed by atoms with E-state index in [0.29, 0.717) is 24.9 Å². The molecular formula is C11H18NO4P. The lowest BCUT2D eigenvalue weighted by Crippen LogP contribution is -1.98. The van der Waals surface area contributed by atoms with Crippen molar-refractivity contribution in [2.45, 2.75) is 38.8 Å². The van der Waals surface area contributed by atoms with Gasteiger partial charge in [-0.3, -0.25) is 4.57 Å². The third-order valence-electron chi connectivity index (χ3n) is 2.57. The van der Waals surface area contributed by atoms with Crippen LogP contribution in [0.25, 0.3) is 0 Å². The summed E-state index contributed by atoms with van der Waals surface area (Å²) >= 11 is 0. The molecular weight excluding hydrogens is 241 g/mol. The monoisotopic (exact) mass is 259 g/mol. The van der Waals surface area contributed by atoms with Gasteiger partial charge in [0.15, 0.2) is 0 Å². The summed E-state index contributed by atoms with van der Waals surface area (Å²) in [4.78, 5) is 0. The van der Waals surface area contributed by atoms with Crippen LogP contribution in [-0.4, -0.2) is 18.4 Å². The molecule has 1 aromatic heterocycles. The van der Waals surface area contributed by atoms with Crippen LogP contribution in [0.4, 0.5) is 0 Å². The molecule has 1 aromatic rings. The molecule has 1 saturated carbocycles. The first-order chi connectivity index (χ1) is 8.17. The minimum atomic E-state index is -3.07. The van der Waals surface area contributed by atoms with Crippen LogP contribution in [0.3, 0.4) is 0 Å². The van der Waals surface area contributed by atoms with E-state index in [2.05, 4.69) is 5.16 Å². The van der Waals surface area contributed by atoms with Gasteiger partial charge in [-0.2, -0.15) is 0 Å². The highest BCUT2D eigenvalue weighted by molar-refractivity contribution is 7.53. The SMILES string of the molecule is CCOP(=O)(Cc1cc(C2CC2)no1)OCC. The molecule has 0 saturated heterocycles. The lowest BCUT2D eigenvalue weighted by molar-refractivity contribution is 0.216. The highest BCUT2D eigenvalue weighted by Crippen LogP contribution is 2.51. The molecule has 0 atom stereocenters. The van der Waals surface area contributed by atoms with Crippen LogP contribution in [0.5, 0.6) is 0 Å². The average molecular weight is 259 g/mol. The van der Waals surface area contributed by atoms with E-state index in [1.165, 1.54) is 12.8 Å². The summed E-state index contributed by atoms with van der Waals surface area (Å²) in [5, 5.41) is 3.98. The Labute approximate surface area is 101 Å². The molecule has 1 aliphatic carbocycles. The molecule has 0 aromatic carbocycles. The van der Waals surface area contributed by atoms with Crippen LogP contribution >= 0.6 is 7.60 Å². The second-order valence-electron chi connectivity index (χ2n) is 4.10. The zero-order valence-corrected chi connectivity index (χ0v) is 11.1. The molecule has 0 unspecified atom stereocenters. The molecule has 1 aliphatic rings. The van der Waals surface area contributed by atoms with Crippen molar-refractivity contribution in [1.29, 1.82) is 0 Å². The lowest BCUT2D eigenvalue weighted by atomic mass is 10.3. The number of rotatable bonds is 7. The maximum atomic E-state index is 12.2. The Hall–Kier alpha value is -0.640. The van der Waals surface area contributed by atoms with Crippen molar-refractivity contribution in [3.05, 3.63) is 17.5 Å². The first kappa shape index (κ1) is 12.8. The molecule has 1 heterocycles. The third-order valence-corrected chi connectivity index (χ3v) is 4.58. The molecule has 2 rings (SSSR count). The first-order valence-corrected chi connectivity index (χ1v) is 7.73. The summed E-state index contributed by atoms with van der Waals surface area (Å²) in [5.41, 5.74) is 0.958. The van der Waals surface area contributed by atoms with Gasteiger partial charge >= 0.3 is 7.60 Å². The largest absolute Gasteiger partial charge is 0.360 e. The number of aromatic nitrogens is 1. The maximum absolute atomic E-state index is 12.2. The van der Waals surface area contributed by atoms with Gasteiger partial charge in [0.2, 0.25) is 0 Å². The Morgan fingerprint density at radius 3 is 2.59 bits per heavy atom. The van der Waals surface area contributed by atoms with Crippen molar-refractivity contribution in [3.63, 3.8) is 0 Å². The fourth-order valence-electron chi connectivity index (χ4n) is 1.69. The predicted octanol–water partition coefficient (Wildman–Crippen LogP) is 3.32. The molecule has 5 nitrogen and oxygen atoms in total. The Balaban J connectivity index is 2.02. The van der Waals surface area contributed by atoms with Crippen molar-refractivity contribution in [3.8, 4) is 0 Å². The predicted molar refractivity (Wildman–Crippen MR) is 63.0 cm³/mol. The topological polar surface area (TPSA) is 61.6 Å². The second kappa shape index (κ2) is 5.34. The van der Waals surface area contributed by atoms with Crippen molar-refractivity contribution >= 4 is 7.60 Å². The van der Waals surface area contributed by atoms with E-state index in [1.807, 2.05) is 6.07 Å². The lowest BCUT2D eigenvalue weighted by Gasteiger charge is -2.14. The van der Waals surface area contributed by atoms with Gasteiger partial charge in [-0.1, -0.05) is 5.16 Å². The van der Waals surface area contributed by atoms with Crippen LogP contribution in [0, 0.1) is 0 Å². The Kier molecular flexibility index (Phi) is 4.02. The van der Waals surface area contributed by atoms with E-state index in [-0.39, 0.29) is 6.16 Å². The molecule has 17 heavy (non-hydrogen) atoms. The minimum Gasteiger partial charge on any atom is -0.360 e. The molecule has 0 spiro atoms. The molecule has 0 radical (unpaired) electrons. The Morgan fingerprint density at radius 1 is 1.41 bits per heavy atom. The van der Waals surface area contributed by atoms with Gasteiger partial charge in [0.1, 0.15) is 11.9 Å². The first-order valence-electron chi connectivity index (χ1n) is 6.00. The average Bonchev–Trinajstić information content (AvgIpc) is 3.01. The van der Waals surface area contributed by atoms with E-state index in [0.717, 1.165) is 5.69 Å². The molecule has 96 valence electrons. The highest BCUT2D eigenvalue weighted by atomic mass is 31.2. The standard InChI is InChI=1S/C11H18NO4P/c1-3-14-17(13,15-4-2)8-10-7-11(12-16-10)9-5-6-9/h7,9H,3-6,8H2,1-2H3. The molecule has 0 bridgehead atoms. The molecule has 0 aliphatic heterocycles. The summed E-state index contributed by atoms with van der Waals surface area (Å²) in [5.74, 6) is 1.11. The molecule has 0 amide bonds. The van der Waals surface area contributed by atoms with E-state index in [4.69, 9.17) is 13.6 Å². The quantitative estimate of drug-likeness (QED) is 0.703. The molecule has 1 fully saturated rings. The number of hydrogen-bond donors (Lipinski definition) is 0. The number of hydrogen-bond acceptors (Lipinski definition) is 5. The summed E-state index contributed by atoms with van der Waals surface area (Å²) in [6.45, 7) is 4.31. The molecule has 0 N–H and O–H groups in total.